The van der Waals surface area contributed by atoms with Crippen LogP contribution in [0.15, 0.2) is 16.0 Å². The third-order valence-electron chi connectivity index (χ3n) is 2.42. The summed E-state index contributed by atoms with van der Waals surface area (Å²) in [7, 11) is 0. The summed E-state index contributed by atoms with van der Waals surface area (Å²) in [5.74, 6) is 1.32. The molecule has 0 radical (unpaired) electrons. The minimum Gasteiger partial charge on any atom is -0.338 e. The van der Waals surface area contributed by atoms with Crippen LogP contribution in [0, 0.1) is 13.8 Å². The molecule has 0 saturated carbocycles. The first-order chi connectivity index (χ1) is 7.66. The number of aryl methyl sites for hydroxylation is 2. The predicted octanol–water partition coefficient (Wildman–Crippen LogP) is 2.60. The number of rotatable bonds is 4. The second-order valence-electron chi connectivity index (χ2n) is 3.81. The van der Waals surface area contributed by atoms with Gasteiger partial charge in [0.15, 0.2) is 5.82 Å². The summed E-state index contributed by atoms with van der Waals surface area (Å²) in [4.78, 5) is 5.51. The Morgan fingerprint density at radius 1 is 1.50 bits per heavy atom. The van der Waals surface area contributed by atoms with Crippen LogP contribution in [-0.4, -0.2) is 10.1 Å². The van der Waals surface area contributed by atoms with Gasteiger partial charge >= 0.3 is 0 Å². The standard InChI is InChI=1S/C11H15N3OS/c1-7-4-5-16-11(7)8(2)12-6-10-13-9(3)14-15-10/h4-5,8,12H,6H2,1-3H3. The molecule has 0 amide bonds. The molecule has 0 spiro atoms. The molecule has 2 rings (SSSR count). The van der Waals surface area contributed by atoms with E-state index in [1.807, 2.05) is 6.92 Å². The van der Waals surface area contributed by atoms with Gasteiger partial charge in [-0.2, -0.15) is 4.98 Å². The topological polar surface area (TPSA) is 51.0 Å². The van der Waals surface area contributed by atoms with E-state index in [1.54, 1.807) is 11.3 Å². The Labute approximate surface area is 98.7 Å². The van der Waals surface area contributed by atoms with Crippen molar-refractivity contribution in [1.29, 1.82) is 0 Å². The molecule has 1 atom stereocenters. The minimum absolute atomic E-state index is 0.312. The third-order valence-corrected chi connectivity index (χ3v) is 3.63. The van der Waals surface area contributed by atoms with Crippen molar-refractivity contribution >= 4 is 11.3 Å². The number of nitrogens with one attached hydrogen (secondary N) is 1. The maximum atomic E-state index is 5.04. The van der Waals surface area contributed by atoms with Crippen LogP contribution in [0.4, 0.5) is 0 Å². The molecule has 2 aromatic heterocycles. The molecule has 0 fully saturated rings. The maximum absolute atomic E-state index is 5.04. The lowest BCUT2D eigenvalue weighted by Gasteiger charge is -2.11. The summed E-state index contributed by atoms with van der Waals surface area (Å²) in [6.07, 6.45) is 0. The van der Waals surface area contributed by atoms with E-state index < -0.39 is 0 Å². The Balaban J connectivity index is 1.93. The molecular weight excluding hydrogens is 222 g/mol. The fraction of sp³-hybridized carbons (Fsp3) is 0.455. The molecule has 0 aliphatic rings. The van der Waals surface area contributed by atoms with Crippen molar-refractivity contribution in [2.24, 2.45) is 0 Å². The Morgan fingerprint density at radius 2 is 2.31 bits per heavy atom. The Kier molecular flexibility index (Phi) is 3.36. The van der Waals surface area contributed by atoms with Gasteiger partial charge in [0.05, 0.1) is 6.54 Å². The van der Waals surface area contributed by atoms with Crippen LogP contribution in [0.5, 0.6) is 0 Å². The first-order valence-corrected chi connectivity index (χ1v) is 6.11. The summed E-state index contributed by atoms with van der Waals surface area (Å²) in [6, 6.07) is 2.45. The zero-order chi connectivity index (χ0) is 11.5. The van der Waals surface area contributed by atoms with E-state index in [0.29, 0.717) is 24.3 Å². The Bertz CT molecular complexity index is 463. The Hall–Kier alpha value is -1.20. The molecule has 5 heteroatoms. The Morgan fingerprint density at radius 3 is 2.88 bits per heavy atom. The number of hydrogen-bond donors (Lipinski definition) is 1. The van der Waals surface area contributed by atoms with Gasteiger partial charge in [-0.3, -0.25) is 0 Å². The van der Waals surface area contributed by atoms with Crippen LogP contribution in [0.3, 0.4) is 0 Å². The SMILES string of the molecule is Cc1noc(CNC(C)c2sccc2C)n1. The monoisotopic (exact) mass is 237 g/mol. The molecule has 2 aromatic rings. The van der Waals surface area contributed by atoms with Crippen LogP contribution in [0.25, 0.3) is 0 Å². The van der Waals surface area contributed by atoms with E-state index in [4.69, 9.17) is 4.52 Å². The molecular formula is C11H15N3OS. The number of hydrogen-bond acceptors (Lipinski definition) is 5. The van der Waals surface area contributed by atoms with Gasteiger partial charge in [0, 0.05) is 10.9 Å². The van der Waals surface area contributed by atoms with Crippen LogP contribution in [-0.2, 0) is 6.54 Å². The van der Waals surface area contributed by atoms with Gasteiger partial charge < -0.3 is 9.84 Å². The summed E-state index contributed by atoms with van der Waals surface area (Å²) in [5.41, 5.74) is 1.33. The number of thiophene rings is 1. The van der Waals surface area contributed by atoms with Crippen LogP contribution in [0.1, 0.15) is 35.1 Å². The lowest BCUT2D eigenvalue weighted by molar-refractivity contribution is 0.358. The largest absolute Gasteiger partial charge is 0.338 e. The number of nitrogens with zero attached hydrogens (tertiary/aromatic N) is 2. The summed E-state index contributed by atoms with van der Waals surface area (Å²) in [6.45, 7) is 6.70. The van der Waals surface area contributed by atoms with Crippen molar-refractivity contribution in [2.75, 3.05) is 0 Å². The minimum atomic E-state index is 0.312. The molecule has 4 nitrogen and oxygen atoms in total. The molecule has 0 bridgehead atoms. The van der Waals surface area contributed by atoms with Crippen LogP contribution >= 0.6 is 11.3 Å². The van der Waals surface area contributed by atoms with E-state index in [9.17, 15) is 0 Å². The van der Waals surface area contributed by atoms with E-state index >= 15 is 0 Å². The first-order valence-electron chi connectivity index (χ1n) is 5.23. The van der Waals surface area contributed by atoms with Gasteiger partial charge in [0.1, 0.15) is 0 Å². The lowest BCUT2D eigenvalue weighted by atomic mass is 10.2. The summed E-state index contributed by atoms with van der Waals surface area (Å²) < 4.78 is 5.04. The van der Waals surface area contributed by atoms with Crippen LogP contribution < -0.4 is 5.32 Å². The fourth-order valence-electron chi connectivity index (χ4n) is 1.57. The summed E-state index contributed by atoms with van der Waals surface area (Å²) in [5, 5.41) is 9.23. The van der Waals surface area contributed by atoms with Crippen molar-refractivity contribution < 1.29 is 4.52 Å². The third kappa shape index (κ3) is 2.48. The van der Waals surface area contributed by atoms with Gasteiger partial charge in [-0.25, -0.2) is 0 Å². The van der Waals surface area contributed by atoms with Crippen molar-refractivity contribution in [3.63, 3.8) is 0 Å². The molecule has 0 aliphatic heterocycles. The molecule has 0 saturated heterocycles. The van der Waals surface area contributed by atoms with Crippen LogP contribution in [0.2, 0.25) is 0 Å². The van der Waals surface area contributed by atoms with Gasteiger partial charge in [-0.05, 0) is 37.8 Å². The molecule has 0 aliphatic carbocycles. The lowest BCUT2D eigenvalue weighted by Crippen LogP contribution is -2.18. The second kappa shape index (κ2) is 4.76. The van der Waals surface area contributed by atoms with Crippen molar-refractivity contribution in [2.45, 2.75) is 33.4 Å². The second-order valence-corrected chi connectivity index (χ2v) is 4.75. The zero-order valence-electron chi connectivity index (χ0n) is 9.65. The molecule has 1 N–H and O–H groups in total. The van der Waals surface area contributed by atoms with Gasteiger partial charge in [-0.1, -0.05) is 5.16 Å². The molecule has 2 heterocycles. The van der Waals surface area contributed by atoms with Gasteiger partial charge in [-0.15, -0.1) is 11.3 Å². The van der Waals surface area contributed by atoms with Crippen molar-refractivity contribution in [3.05, 3.63) is 33.6 Å². The van der Waals surface area contributed by atoms with Gasteiger partial charge in [0.2, 0.25) is 5.89 Å². The average molecular weight is 237 g/mol. The van der Waals surface area contributed by atoms with E-state index in [0.717, 1.165) is 0 Å². The highest BCUT2D eigenvalue weighted by Crippen LogP contribution is 2.23. The quantitative estimate of drug-likeness (QED) is 0.888. The normalized spacial score (nSPS) is 12.9. The number of aromatic nitrogens is 2. The molecule has 1 unspecified atom stereocenters. The smallest absolute Gasteiger partial charge is 0.240 e. The van der Waals surface area contributed by atoms with Crippen molar-refractivity contribution in [3.8, 4) is 0 Å². The fourth-order valence-corrected chi connectivity index (χ4v) is 2.53. The first kappa shape index (κ1) is 11.3. The van der Waals surface area contributed by atoms with Crippen molar-refractivity contribution in [1.82, 2.24) is 15.5 Å². The van der Waals surface area contributed by atoms with E-state index in [1.165, 1.54) is 10.4 Å². The van der Waals surface area contributed by atoms with E-state index in [-0.39, 0.29) is 0 Å². The molecule has 86 valence electrons. The zero-order valence-corrected chi connectivity index (χ0v) is 10.5. The molecule has 0 aromatic carbocycles. The molecule has 16 heavy (non-hydrogen) atoms. The van der Waals surface area contributed by atoms with E-state index in [2.05, 4.69) is 40.8 Å². The summed E-state index contributed by atoms with van der Waals surface area (Å²) >= 11 is 1.77. The highest BCUT2D eigenvalue weighted by Gasteiger charge is 2.10. The van der Waals surface area contributed by atoms with Gasteiger partial charge in [0.25, 0.3) is 0 Å². The predicted molar refractivity (Wildman–Crippen MR) is 63.3 cm³/mol. The highest BCUT2D eigenvalue weighted by atomic mass is 32.1. The maximum Gasteiger partial charge on any atom is 0.240 e. The highest BCUT2D eigenvalue weighted by molar-refractivity contribution is 7.10. The average Bonchev–Trinajstić information content (AvgIpc) is 2.84.